The van der Waals surface area contributed by atoms with Crippen molar-refractivity contribution in [3.05, 3.63) is 16.4 Å². The number of nitrogens with zero attached hydrogens (tertiary/aromatic N) is 2. The number of anilines is 1. The molecule has 4 nitrogen and oxygen atoms in total. The van der Waals surface area contributed by atoms with E-state index in [1.807, 2.05) is 0 Å². The highest BCUT2D eigenvalue weighted by molar-refractivity contribution is 6.30. The lowest BCUT2D eigenvalue weighted by Crippen LogP contribution is -2.13. The summed E-state index contributed by atoms with van der Waals surface area (Å²) in [4.78, 5) is 8.55. The Morgan fingerprint density at radius 3 is 2.87 bits per heavy atom. The van der Waals surface area contributed by atoms with Crippen LogP contribution in [0, 0.1) is 0 Å². The standard InChI is InChI=1S/C10H14ClN3O/c11-9-7-3-1-2-4-8(7)13-10(14-9)12-5-6-15/h15H,1-6H2,(H,12,13,14). The zero-order chi connectivity index (χ0) is 10.7. The molecule has 0 spiro atoms. The first-order chi connectivity index (χ1) is 7.31. The number of aryl methyl sites for hydroxylation is 1. The Hall–Kier alpha value is -0.870. The summed E-state index contributed by atoms with van der Waals surface area (Å²) in [5.74, 6) is 0.523. The van der Waals surface area contributed by atoms with E-state index in [2.05, 4.69) is 15.3 Å². The van der Waals surface area contributed by atoms with E-state index in [0.29, 0.717) is 17.6 Å². The van der Waals surface area contributed by atoms with Crippen LogP contribution in [0.15, 0.2) is 0 Å². The Morgan fingerprint density at radius 2 is 2.07 bits per heavy atom. The first-order valence-electron chi connectivity index (χ1n) is 5.21. The van der Waals surface area contributed by atoms with Crippen LogP contribution in [0.25, 0.3) is 0 Å². The highest BCUT2D eigenvalue weighted by Gasteiger charge is 2.16. The van der Waals surface area contributed by atoms with Crippen molar-refractivity contribution in [1.29, 1.82) is 0 Å². The fraction of sp³-hybridized carbons (Fsp3) is 0.600. The summed E-state index contributed by atoms with van der Waals surface area (Å²) in [5, 5.41) is 12.2. The largest absolute Gasteiger partial charge is 0.395 e. The molecule has 0 saturated heterocycles. The molecule has 0 fully saturated rings. The molecule has 0 bridgehead atoms. The molecule has 0 aromatic carbocycles. The molecular weight excluding hydrogens is 214 g/mol. The summed E-state index contributed by atoms with van der Waals surface area (Å²) in [6, 6.07) is 0. The molecule has 1 aliphatic carbocycles. The van der Waals surface area contributed by atoms with Gasteiger partial charge in [-0.3, -0.25) is 0 Å². The molecule has 2 N–H and O–H groups in total. The summed E-state index contributed by atoms with van der Waals surface area (Å²) in [7, 11) is 0. The summed E-state index contributed by atoms with van der Waals surface area (Å²) in [6.07, 6.45) is 4.29. The molecule has 2 rings (SSSR count). The lowest BCUT2D eigenvalue weighted by molar-refractivity contribution is 0.310. The Bertz CT molecular complexity index is 357. The van der Waals surface area contributed by atoms with E-state index in [0.717, 1.165) is 24.1 Å². The molecule has 0 amide bonds. The van der Waals surface area contributed by atoms with Crippen molar-refractivity contribution in [2.24, 2.45) is 0 Å². The second-order valence-corrected chi connectivity index (χ2v) is 3.98. The van der Waals surface area contributed by atoms with Crippen molar-refractivity contribution in [2.75, 3.05) is 18.5 Å². The average Bonchev–Trinajstić information content (AvgIpc) is 2.26. The van der Waals surface area contributed by atoms with Crippen molar-refractivity contribution in [3.63, 3.8) is 0 Å². The van der Waals surface area contributed by atoms with Crippen LogP contribution in [0.4, 0.5) is 5.95 Å². The van der Waals surface area contributed by atoms with Crippen LogP contribution in [0.5, 0.6) is 0 Å². The first kappa shape index (κ1) is 10.6. The number of aliphatic hydroxyl groups excluding tert-OH is 1. The molecule has 0 radical (unpaired) electrons. The maximum Gasteiger partial charge on any atom is 0.224 e. The maximum atomic E-state index is 8.68. The Kier molecular flexibility index (Phi) is 3.38. The average molecular weight is 228 g/mol. The third-order valence-electron chi connectivity index (χ3n) is 2.53. The van der Waals surface area contributed by atoms with Crippen LogP contribution in [0.3, 0.4) is 0 Å². The molecule has 1 aromatic rings. The van der Waals surface area contributed by atoms with E-state index in [-0.39, 0.29) is 6.61 Å². The molecule has 0 unspecified atom stereocenters. The van der Waals surface area contributed by atoms with Gasteiger partial charge in [-0.15, -0.1) is 0 Å². The Balaban J connectivity index is 2.24. The zero-order valence-electron chi connectivity index (χ0n) is 8.46. The number of nitrogens with one attached hydrogen (secondary N) is 1. The number of hydrogen-bond donors (Lipinski definition) is 2. The van der Waals surface area contributed by atoms with Crippen molar-refractivity contribution < 1.29 is 5.11 Å². The monoisotopic (exact) mass is 227 g/mol. The smallest absolute Gasteiger partial charge is 0.224 e. The van der Waals surface area contributed by atoms with E-state index in [1.165, 1.54) is 12.8 Å². The quantitative estimate of drug-likeness (QED) is 0.767. The number of aliphatic hydroxyl groups is 1. The Labute approximate surface area is 93.7 Å². The van der Waals surface area contributed by atoms with Gasteiger partial charge >= 0.3 is 0 Å². The van der Waals surface area contributed by atoms with Crippen LogP contribution in [-0.4, -0.2) is 28.2 Å². The van der Waals surface area contributed by atoms with Crippen LogP contribution in [0.1, 0.15) is 24.1 Å². The summed E-state index contributed by atoms with van der Waals surface area (Å²) >= 11 is 6.07. The number of fused-ring (bicyclic) bond motifs is 1. The van der Waals surface area contributed by atoms with Crippen LogP contribution < -0.4 is 5.32 Å². The van der Waals surface area contributed by atoms with Gasteiger partial charge in [-0.2, -0.15) is 0 Å². The molecule has 0 saturated carbocycles. The number of hydrogen-bond acceptors (Lipinski definition) is 4. The van der Waals surface area contributed by atoms with E-state index in [1.54, 1.807) is 0 Å². The van der Waals surface area contributed by atoms with Crippen LogP contribution >= 0.6 is 11.6 Å². The molecular formula is C10H14ClN3O. The minimum atomic E-state index is 0.0675. The minimum Gasteiger partial charge on any atom is -0.395 e. The predicted octanol–water partition coefficient (Wildman–Crippen LogP) is 1.41. The normalized spacial score (nSPS) is 14.8. The highest BCUT2D eigenvalue weighted by atomic mass is 35.5. The van der Waals surface area contributed by atoms with Crippen molar-refractivity contribution in [1.82, 2.24) is 9.97 Å². The van der Waals surface area contributed by atoms with Crippen LogP contribution in [0.2, 0.25) is 5.15 Å². The van der Waals surface area contributed by atoms with Gasteiger partial charge in [0, 0.05) is 12.1 Å². The molecule has 82 valence electrons. The van der Waals surface area contributed by atoms with Gasteiger partial charge < -0.3 is 10.4 Å². The third kappa shape index (κ3) is 2.38. The van der Waals surface area contributed by atoms with E-state index in [9.17, 15) is 0 Å². The van der Waals surface area contributed by atoms with Crippen molar-refractivity contribution >= 4 is 17.5 Å². The maximum absolute atomic E-state index is 8.68. The van der Waals surface area contributed by atoms with Gasteiger partial charge in [-0.1, -0.05) is 11.6 Å². The molecule has 0 aliphatic heterocycles. The van der Waals surface area contributed by atoms with Gasteiger partial charge in [-0.25, -0.2) is 9.97 Å². The summed E-state index contributed by atoms with van der Waals surface area (Å²) in [5.41, 5.74) is 2.15. The molecule has 0 atom stereocenters. The molecule has 15 heavy (non-hydrogen) atoms. The highest BCUT2D eigenvalue weighted by Crippen LogP contribution is 2.26. The van der Waals surface area contributed by atoms with Gasteiger partial charge in [0.05, 0.1) is 12.3 Å². The van der Waals surface area contributed by atoms with Gasteiger partial charge in [0.25, 0.3) is 0 Å². The summed E-state index contributed by atoms with van der Waals surface area (Å²) in [6.45, 7) is 0.521. The topological polar surface area (TPSA) is 58.0 Å². The summed E-state index contributed by atoms with van der Waals surface area (Å²) < 4.78 is 0. The molecule has 1 heterocycles. The van der Waals surface area contributed by atoms with Crippen LogP contribution in [-0.2, 0) is 12.8 Å². The SMILES string of the molecule is OCCNc1nc(Cl)c2c(n1)CCCC2. The lowest BCUT2D eigenvalue weighted by atomic mass is 9.97. The number of rotatable bonds is 3. The number of aromatic nitrogens is 2. The van der Waals surface area contributed by atoms with Crippen molar-refractivity contribution in [3.8, 4) is 0 Å². The fourth-order valence-electron chi connectivity index (χ4n) is 1.80. The predicted molar refractivity (Wildman–Crippen MR) is 59.3 cm³/mol. The lowest BCUT2D eigenvalue weighted by Gasteiger charge is -2.16. The second kappa shape index (κ2) is 4.77. The molecule has 1 aliphatic rings. The molecule has 5 heteroatoms. The van der Waals surface area contributed by atoms with Gasteiger partial charge in [0.1, 0.15) is 5.15 Å². The van der Waals surface area contributed by atoms with Gasteiger partial charge in [0.15, 0.2) is 0 Å². The third-order valence-corrected chi connectivity index (χ3v) is 2.84. The minimum absolute atomic E-state index is 0.0675. The van der Waals surface area contributed by atoms with Crippen molar-refractivity contribution in [2.45, 2.75) is 25.7 Å². The zero-order valence-corrected chi connectivity index (χ0v) is 9.22. The van der Waals surface area contributed by atoms with Gasteiger partial charge in [0.2, 0.25) is 5.95 Å². The van der Waals surface area contributed by atoms with E-state index < -0.39 is 0 Å². The van der Waals surface area contributed by atoms with E-state index in [4.69, 9.17) is 16.7 Å². The van der Waals surface area contributed by atoms with E-state index >= 15 is 0 Å². The second-order valence-electron chi connectivity index (χ2n) is 3.62. The first-order valence-corrected chi connectivity index (χ1v) is 5.59. The Morgan fingerprint density at radius 1 is 1.27 bits per heavy atom. The fourth-order valence-corrected chi connectivity index (χ4v) is 2.08. The number of halogens is 1. The van der Waals surface area contributed by atoms with Gasteiger partial charge in [-0.05, 0) is 25.7 Å². The molecule has 1 aromatic heterocycles.